The van der Waals surface area contributed by atoms with E-state index in [1.54, 1.807) is 17.0 Å². The predicted octanol–water partition coefficient (Wildman–Crippen LogP) is 5.37. The van der Waals surface area contributed by atoms with Crippen LogP contribution in [-0.4, -0.2) is 16.2 Å². The van der Waals surface area contributed by atoms with Crippen LogP contribution in [0.3, 0.4) is 0 Å². The number of hydrogen-bond donors (Lipinski definition) is 2. The van der Waals surface area contributed by atoms with E-state index in [9.17, 15) is 15.0 Å². The Balaban J connectivity index is 1.91. The smallest absolute Gasteiger partial charge is 0.336 e. The highest BCUT2D eigenvalue weighted by molar-refractivity contribution is 5.96. The Morgan fingerprint density at radius 3 is 1.68 bits per heavy atom. The molecule has 0 saturated heterocycles. The van der Waals surface area contributed by atoms with Gasteiger partial charge in [0.1, 0.15) is 0 Å². The number of para-hydroxylation sites is 2. The van der Waals surface area contributed by atoms with Crippen molar-refractivity contribution in [3.8, 4) is 0 Å². The molecule has 0 amide bonds. The Kier molecular flexibility index (Phi) is 4.79. The third-order valence-corrected chi connectivity index (χ3v) is 4.74. The first-order chi connectivity index (χ1) is 13.6. The van der Waals surface area contributed by atoms with Crippen molar-refractivity contribution >= 4 is 28.1 Å². The second kappa shape index (κ2) is 7.55. The second-order valence-corrected chi connectivity index (χ2v) is 6.51. The van der Waals surface area contributed by atoms with E-state index >= 15 is 0 Å². The molecule has 0 aromatic heterocycles. The third-order valence-electron chi connectivity index (χ3n) is 4.74. The van der Waals surface area contributed by atoms with Gasteiger partial charge in [0.2, 0.25) is 0 Å². The molecule has 4 aromatic carbocycles. The van der Waals surface area contributed by atoms with E-state index in [2.05, 4.69) is 0 Å². The van der Waals surface area contributed by atoms with Crippen molar-refractivity contribution in [2.75, 3.05) is 4.90 Å². The fraction of sp³-hybridized carbons (Fsp3) is 0.0417. The normalized spacial score (nSPS) is 11.9. The monoisotopic (exact) mass is 369 g/mol. The van der Waals surface area contributed by atoms with Gasteiger partial charge < -0.3 is 15.1 Å². The first kappa shape index (κ1) is 17.8. The lowest BCUT2D eigenvalue weighted by molar-refractivity contribution is 0.0689. The minimum absolute atomic E-state index is 0.0862. The summed E-state index contributed by atoms with van der Waals surface area (Å²) in [7, 11) is 0. The number of hydrogen-bond acceptors (Lipinski definition) is 3. The van der Waals surface area contributed by atoms with E-state index in [0.29, 0.717) is 5.56 Å². The molecule has 4 aromatic rings. The number of nitrogens with zero attached hydrogens (tertiary/aromatic N) is 1. The standard InChI is InChI=1S/C24H19NO3/c26-23(21-15-17-9-7-8-10-18(17)16-22(21)24(27)28)25(19-11-3-1-4-12-19)20-13-5-2-6-14-20/h1-16,23,26H,(H,27,28). The number of carboxylic acid groups (broad SMARTS) is 1. The number of benzene rings is 4. The Hall–Kier alpha value is -3.63. The Morgan fingerprint density at radius 1 is 0.714 bits per heavy atom. The van der Waals surface area contributed by atoms with Gasteiger partial charge in [-0.05, 0) is 47.2 Å². The lowest BCUT2D eigenvalue weighted by Crippen LogP contribution is -2.25. The lowest BCUT2D eigenvalue weighted by atomic mass is 9.98. The van der Waals surface area contributed by atoms with Crippen LogP contribution in [0.5, 0.6) is 0 Å². The number of aliphatic hydroxyl groups is 1. The maximum atomic E-state index is 11.9. The Labute approximate surface area is 162 Å². The van der Waals surface area contributed by atoms with Crippen LogP contribution in [0, 0.1) is 0 Å². The zero-order valence-corrected chi connectivity index (χ0v) is 15.1. The van der Waals surface area contributed by atoms with Crippen molar-refractivity contribution in [2.24, 2.45) is 0 Å². The van der Waals surface area contributed by atoms with Crippen LogP contribution in [0.25, 0.3) is 10.8 Å². The molecule has 4 rings (SSSR count). The predicted molar refractivity (Wildman–Crippen MR) is 111 cm³/mol. The molecule has 2 N–H and O–H groups in total. The van der Waals surface area contributed by atoms with Gasteiger partial charge in [-0.1, -0.05) is 60.7 Å². The Bertz CT molecular complexity index is 1070. The fourth-order valence-corrected chi connectivity index (χ4v) is 3.40. The van der Waals surface area contributed by atoms with Gasteiger partial charge in [-0.25, -0.2) is 4.79 Å². The first-order valence-corrected chi connectivity index (χ1v) is 8.98. The summed E-state index contributed by atoms with van der Waals surface area (Å²) in [5, 5.41) is 22.8. The molecule has 1 unspecified atom stereocenters. The van der Waals surface area contributed by atoms with Gasteiger partial charge in [-0.15, -0.1) is 0 Å². The van der Waals surface area contributed by atoms with Crippen molar-refractivity contribution in [1.82, 2.24) is 0 Å². The van der Waals surface area contributed by atoms with E-state index < -0.39 is 12.2 Å². The second-order valence-electron chi connectivity index (χ2n) is 6.51. The van der Waals surface area contributed by atoms with Crippen LogP contribution in [0.15, 0.2) is 97.1 Å². The average Bonchev–Trinajstić information content (AvgIpc) is 2.74. The molecular formula is C24H19NO3. The van der Waals surface area contributed by atoms with Crippen LogP contribution in [0.2, 0.25) is 0 Å². The zero-order valence-electron chi connectivity index (χ0n) is 15.1. The summed E-state index contributed by atoms with van der Waals surface area (Å²) in [4.78, 5) is 13.7. The van der Waals surface area contributed by atoms with Gasteiger partial charge in [0, 0.05) is 16.9 Å². The summed E-state index contributed by atoms with van der Waals surface area (Å²) in [5.41, 5.74) is 1.97. The molecule has 4 nitrogen and oxygen atoms in total. The number of carboxylic acids is 1. The summed E-state index contributed by atoms with van der Waals surface area (Å²) >= 11 is 0. The SMILES string of the molecule is O=C(O)c1cc2ccccc2cc1C(O)N(c1ccccc1)c1ccccc1. The molecule has 0 saturated carbocycles. The molecule has 138 valence electrons. The fourth-order valence-electron chi connectivity index (χ4n) is 3.40. The number of anilines is 2. The highest BCUT2D eigenvalue weighted by Gasteiger charge is 2.25. The molecule has 0 aliphatic rings. The van der Waals surface area contributed by atoms with Crippen LogP contribution < -0.4 is 4.90 Å². The van der Waals surface area contributed by atoms with Crippen LogP contribution in [0.4, 0.5) is 11.4 Å². The van der Waals surface area contributed by atoms with E-state index in [0.717, 1.165) is 22.1 Å². The van der Waals surface area contributed by atoms with Crippen LogP contribution in [0.1, 0.15) is 22.1 Å². The Morgan fingerprint density at radius 2 is 1.18 bits per heavy atom. The van der Waals surface area contributed by atoms with Gasteiger partial charge >= 0.3 is 5.97 Å². The molecule has 4 heteroatoms. The van der Waals surface area contributed by atoms with Crippen LogP contribution >= 0.6 is 0 Å². The van der Waals surface area contributed by atoms with Crippen molar-refractivity contribution in [3.63, 3.8) is 0 Å². The van der Waals surface area contributed by atoms with Gasteiger partial charge in [0.05, 0.1) is 5.56 Å². The minimum Gasteiger partial charge on any atom is -0.478 e. The molecular weight excluding hydrogens is 350 g/mol. The van der Waals surface area contributed by atoms with Gasteiger partial charge in [0.15, 0.2) is 6.23 Å². The van der Waals surface area contributed by atoms with E-state index in [4.69, 9.17) is 0 Å². The quantitative estimate of drug-likeness (QED) is 0.465. The summed E-state index contributed by atoms with van der Waals surface area (Å²) < 4.78 is 0. The van der Waals surface area contributed by atoms with Crippen molar-refractivity contribution in [2.45, 2.75) is 6.23 Å². The van der Waals surface area contributed by atoms with Crippen molar-refractivity contribution in [1.29, 1.82) is 0 Å². The minimum atomic E-state index is -1.17. The molecule has 0 fully saturated rings. The van der Waals surface area contributed by atoms with Gasteiger partial charge in [0.25, 0.3) is 0 Å². The van der Waals surface area contributed by atoms with Crippen LogP contribution in [-0.2, 0) is 0 Å². The molecule has 1 atom stereocenters. The maximum Gasteiger partial charge on any atom is 0.336 e. The topological polar surface area (TPSA) is 60.8 Å². The van der Waals surface area contributed by atoms with Crippen molar-refractivity contribution in [3.05, 3.63) is 108 Å². The number of carbonyl (C=O) groups is 1. The average molecular weight is 369 g/mol. The lowest BCUT2D eigenvalue weighted by Gasteiger charge is -2.31. The number of aromatic carboxylic acids is 1. The zero-order chi connectivity index (χ0) is 19.5. The van der Waals surface area contributed by atoms with Gasteiger partial charge in [-0.3, -0.25) is 0 Å². The molecule has 0 radical (unpaired) electrons. The first-order valence-electron chi connectivity index (χ1n) is 8.98. The number of rotatable bonds is 5. The molecule has 0 spiro atoms. The van der Waals surface area contributed by atoms with Crippen molar-refractivity contribution < 1.29 is 15.0 Å². The highest BCUT2D eigenvalue weighted by Crippen LogP contribution is 2.36. The summed E-state index contributed by atoms with van der Waals surface area (Å²) in [6.07, 6.45) is -1.17. The third kappa shape index (κ3) is 3.33. The molecule has 28 heavy (non-hydrogen) atoms. The summed E-state index contributed by atoms with van der Waals surface area (Å²) in [6, 6.07) is 29.8. The summed E-state index contributed by atoms with van der Waals surface area (Å²) in [5.74, 6) is -1.07. The van der Waals surface area contributed by atoms with E-state index in [1.807, 2.05) is 84.9 Å². The maximum absolute atomic E-state index is 11.9. The van der Waals surface area contributed by atoms with E-state index in [1.165, 1.54) is 0 Å². The molecule has 0 aliphatic carbocycles. The number of aliphatic hydroxyl groups excluding tert-OH is 1. The molecule has 0 bridgehead atoms. The van der Waals surface area contributed by atoms with E-state index in [-0.39, 0.29) is 5.56 Å². The summed E-state index contributed by atoms with van der Waals surface area (Å²) in [6.45, 7) is 0. The highest BCUT2D eigenvalue weighted by atomic mass is 16.4. The largest absolute Gasteiger partial charge is 0.478 e. The van der Waals surface area contributed by atoms with Gasteiger partial charge in [-0.2, -0.15) is 0 Å². The molecule has 0 heterocycles. The number of fused-ring (bicyclic) bond motifs is 1. The molecule has 0 aliphatic heterocycles.